The maximum absolute atomic E-state index is 13.6. The van der Waals surface area contributed by atoms with Crippen molar-refractivity contribution in [3.63, 3.8) is 0 Å². The minimum absolute atomic E-state index is 0.0958. The largest absolute Gasteiger partial charge is 0.348 e. The number of benzene rings is 2. The molecule has 0 fully saturated rings. The summed E-state index contributed by atoms with van der Waals surface area (Å²) in [6, 6.07) is 10.7. The van der Waals surface area contributed by atoms with Gasteiger partial charge in [-0.2, -0.15) is 0 Å². The quantitative estimate of drug-likeness (QED) is 0.934. The van der Waals surface area contributed by atoms with Gasteiger partial charge >= 0.3 is 0 Å². The highest BCUT2D eigenvalue weighted by atomic mass is 35.5. The smallest absolute Gasteiger partial charge is 0.254 e. The number of nitrogens with one attached hydrogen (secondary N) is 1. The molecule has 120 valence electrons. The van der Waals surface area contributed by atoms with E-state index in [-0.39, 0.29) is 18.0 Å². The molecule has 0 aromatic heterocycles. The molecule has 0 radical (unpaired) electrons. The highest BCUT2D eigenvalue weighted by Crippen LogP contribution is 2.15. The van der Waals surface area contributed by atoms with Crippen molar-refractivity contribution in [3.8, 4) is 0 Å². The van der Waals surface area contributed by atoms with Crippen molar-refractivity contribution in [2.75, 3.05) is 14.1 Å². The van der Waals surface area contributed by atoms with E-state index < -0.39 is 11.7 Å². The Balaban J connectivity index is 2.02. The zero-order valence-corrected chi connectivity index (χ0v) is 13.5. The summed E-state index contributed by atoms with van der Waals surface area (Å²) in [6.07, 6.45) is 0. The third kappa shape index (κ3) is 4.29. The normalized spacial score (nSPS) is 10.3. The lowest BCUT2D eigenvalue weighted by molar-refractivity contribution is 0.0827. The van der Waals surface area contributed by atoms with Crippen LogP contribution in [-0.4, -0.2) is 30.8 Å². The van der Waals surface area contributed by atoms with Gasteiger partial charge in [-0.25, -0.2) is 4.39 Å². The molecule has 0 heterocycles. The van der Waals surface area contributed by atoms with Crippen LogP contribution in [0.4, 0.5) is 4.39 Å². The zero-order chi connectivity index (χ0) is 17.0. The van der Waals surface area contributed by atoms with E-state index in [1.807, 2.05) is 0 Å². The van der Waals surface area contributed by atoms with E-state index in [0.717, 1.165) is 11.6 Å². The molecule has 6 heteroatoms. The van der Waals surface area contributed by atoms with Crippen LogP contribution in [0.2, 0.25) is 5.02 Å². The van der Waals surface area contributed by atoms with Gasteiger partial charge in [0.1, 0.15) is 5.82 Å². The molecular weight excluding hydrogens is 319 g/mol. The van der Waals surface area contributed by atoms with Crippen LogP contribution in [0.25, 0.3) is 0 Å². The molecule has 1 N–H and O–H groups in total. The van der Waals surface area contributed by atoms with Crippen molar-refractivity contribution in [2.24, 2.45) is 0 Å². The second kappa shape index (κ2) is 7.24. The molecule has 2 rings (SSSR count). The fraction of sp³-hybridized carbons (Fsp3) is 0.176. The summed E-state index contributed by atoms with van der Waals surface area (Å²) in [4.78, 5) is 25.2. The van der Waals surface area contributed by atoms with E-state index in [1.165, 1.54) is 17.0 Å². The Morgan fingerprint density at radius 1 is 1.13 bits per heavy atom. The van der Waals surface area contributed by atoms with E-state index >= 15 is 0 Å². The number of rotatable bonds is 4. The lowest BCUT2D eigenvalue weighted by Crippen LogP contribution is -2.24. The van der Waals surface area contributed by atoms with Crippen molar-refractivity contribution >= 4 is 23.4 Å². The van der Waals surface area contributed by atoms with Crippen LogP contribution in [0.3, 0.4) is 0 Å². The molecule has 2 aromatic rings. The van der Waals surface area contributed by atoms with Crippen molar-refractivity contribution < 1.29 is 14.0 Å². The fourth-order valence-corrected chi connectivity index (χ4v) is 2.14. The highest BCUT2D eigenvalue weighted by molar-refractivity contribution is 6.31. The Kier molecular flexibility index (Phi) is 5.34. The van der Waals surface area contributed by atoms with Crippen molar-refractivity contribution in [2.45, 2.75) is 6.54 Å². The zero-order valence-electron chi connectivity index (χ0n) is 12.8. The minimum atomic E-state index is -0.626. The lowest BCUT2D eigenvalue weighted by Gasteiger charge is -2.11. The van der Waals surface area contributed by atoms with Gasteiger partial charge in [-0.1, -0.05) is 23.7 Å². The van der Waals surface area contributed by atoms with Gasteiger partial charge < -0.3 is 10.2 Å². The predicted molar refractivity (Wildman–Crippen MR) is 87.0 cm³/mol. The third-order valence-corrected chi connectivity index (χ3v) is 3.47. The Morgan fingerprint density at radius 2 is 1.78 bits per heavy atom. The van der Waals surface area contributed by atoms with Crippen molar-refractivity contribution in [3.05, 3.63) is 70.0 Å². The van der Waals surface area contributed by atoms with E-state index in [1.54, 1.807) is 38.4 Å². The Labute approximate surface area is 138 Å². The second-order valence-corrected chi connectivity index (χ2v) is 5.64. The van der Waals surface area contributed by atoms with Gasteiger partial charge in [0.2, 0.25) is 0 Å². The molecule has 0 aliphatic carbocycles. The maximum Gasteiger partial charge on any atom is 0.254 e. The number of amides is 2. The van der Waals surface area contributed by atoms with Crippen LogP contribution in [0, 0.1) is 5.82 Å². The maximum atomic E-state index is 13.6. The molecule has 23 heavy (non-hydrogen) atoms. The molecule has 0 unspecified atom stereocenters. The van der Waals surface area contributed by atoms with Gasteiger partial charge in [-0.05, 0) is 35.9 Å². The van der Waals surface area contributed by atoms with Gasteiger partial charge in [0.05, 0.1) is 5.56 Å². The summed E-state index contributed by atoms with van der Waals surface area (Å²) >= 11 is 5.77. The van der Waals surface area contributed by atoms with Gasteiger partial charge in [-0.3, -0.25) is 9.59 Å². The number of nitrogens with zero attached hydrogens (tertiary/aromatic N) is 1. The van der Waals surface area contributed by atoms with E-state index in [9.17, 15) is 14.0 Å². The number of carbonyl (C=O) groups is 2. The number of hydrogen-bond acceptors (Lipinski definition) is 2. The van der Waals surface area contributed by atoms with Crippen LogP contribution >= 0.6 is 11.6 Å². The highest BCUT2D eigenvalue weighted by Gasteiger charge is 2.12. The first kappa shape index (κ1) is 17.0. The first-order valence-electron chi connectivity index (χ1n) is 6.92. The van der Waals surface area contributed by atoms with Crippen LogP contribution in [0.1, 0.15) is 26.3 Å². The minimum Gasteiger partial charge on any atom is -0.348 e. The molecule has 0 aliphatic heterocycles. The van der Waals surface area contributed by atoms with E-state index in [2.05, 4.69) is 5.32 Å². The second-order valence-electron chi connectivity index (χ2n) is 5.20. The average Bonchev–Trinajstić information content (AvgIpc) is 2.54. The Morgan fingerprint density at radius 3 is 2.39 bits per heavy atom. The van der Waals surface area contributed by atoms with Gasteiger partial charge in [0.25, 0.3) is 11.8 Å². The molecule has 0 atom stereocenters. The molecule has 0 spiro atoms. The summed E-state index contributed by atoms with van der Waals surface area (Å²) in [5.41, 5.74) is 1.26. The SMILES string of the molecule is CN(C)C(=O)c1ccc(CNC(=O)c2cc(Cl)ccc2F)cc1. The lowest BCUT2D eigenvalue weighted by atomic mass is 10.1. The average molecular weight is 335 g/mol. The first-order valence-corrected chi connectivity index (χ1v) is 7.30. The summed E-state index contributed by atoms with van der Waals surface area (Å²) < 4.78 is 13.6. The number of halogens is 2. The van der Waals surface area contributed by atoms with Gasteiger partial charge in [0, 0.05) is 31.2 Å². The standard InChI is InChI=1S/C17H16ClFN2O2/c1-21(2)17(23)12-5-3-11(4-6-12)10-20-16(22)14-9-13(18)7-8-15(14)19/h3-9H,10H2,1-2H3,(H,20,22). The fourth-order valence-electron chi connectivity index (χ4n) is 1.97. The van der Waals surface area contributed by atoms with Gasteiger partial charge in [-0.15, -0.1) is 0 Å². The molecule has 0 aliphatic rings. The van der Waals surface area contributed by atoms with Crippen LogP contribution in [-0.2, 0) is 6.54 Å². The Bertz CT molecular complexity index is 730. The number of carbonyl (C=O) groups excluding carboxylic acids is 2. The summed E-state index contributed by atoms with van der Waals surface area (Å²) in [5, 5.41) is 2.92. The molecular formula is C17H16ClFN2O2. The molecule has 0 saturated carbocycles. The number of hydrogen-bond donors (Lipinski definition) is 1. The third-order valence-electron chi connectivity index (χ3n) is 3.23. The predicted octanol–water partition coefficient (Wildman–Crippen LogP) is 3.11. The van der Waals surface area contributed by atoms with E-state index in [0.29, 0.717) is 10.6 Å². The van der Waals surface area contributed by atoms with Crippen molar-refractivity contribution in [1.29, 1.82) is 0 Å². The first-order chi connectivity index (χ1) is 10.9. The molecule has 0 bridgehead atoms. The van der Waals surface area contributed by atoms with Crippen LogP contribution < -0.4 is 5.32 Å². The van der Waals surface area contributed by atoms with Crippen LogP contribution in [0.5, 0.6) is 0 Å². The van der Waals surface area contributed by atoms with E-state index in [4.69, 9.17) is 11.6 Å². The summed E-state index contributed by atoms with van der Waals surface area (Å²) in [7, 11) is 3.35. The molecule has 2 aromatic carbocycles. The Hall–Kier alpha value is -2.40. The summed E-state index contributed by atoms with van der Waals surface area (Å²) in [5.74, 6) is -1.26. The topological polar surface area (TPSA) is 49.4 Å². The summed E-state index contributed by atoms with van der Waals surface area (Å²) in [6.45, 7) is 0.223. The monoisotopic (exact) mass is 334 g/mol. The molecule has 2 amide bonds. The molecule has 0 saturated heterocycles. The van der Waals surface area contributed by atoms with Gasteiger partial charge in [0.15, 0.2) is 0 Å². The van der Waals surface area contributed by atoms with Crippen LogP contribution in [0.15, 0.2) is 42.5 Å². The van der Waals surface area contributed by atoms with Crippen molar-refractivity contribution in [1.82, 2.24) is 10.2 Å². The molecule has 4 nitrogen and oxygen atoms in total.